The molecule has 0 unspecified atom stereocenters. The minimum atomic E-state index is -0.271. The second-order valence-corrected chi connectivity index (χ2v) is 4.53. The average molecular weight is 264 g/mol. The molecule has 0 saturated carbocycles. The summed E-state index contributed by atoms with van der Waals surface area (Å²) < 4.78 is 1.52. The van der Waals surface area contributed by atoms with Crippen LogP contribution in [0.25, 0.3) is 0 Å². The third-order valence-electron chi connectivity index (χ3n) is 2.64. The lowest BCUT2D eigenvalue weighted by Gasteiger charge is -2.05. The average Bonchev–Trinajstić information content (AvgIpc) is 2.34. The van der Waals surface area contributed by atoms with Crippen molar-refractivity contribution < 1.29 is 0 Å². The number of hydrogen-bond acceptors (Lipinski definition) is 3. The second kappa shape index (κ2) is 5.69. The molecule has 0 aliphatic carbocycles. The molecule has 0 saturated heterocycles. The molecule has 5 heteroatoms. The molecule has 94 valence electrons. The molecule has 1 heterocycles. The van der Waals surface area contributed by atoms with Crippen molar-refractivity contribution in [2.24, 2.45) is 0 Å². The van der Waals surface area contributed by atoms with E-state index in [0.29, 0.717) is 11.6 Å². The van der Waals surface area contributed by atoms with Crippen molar-refractivity contribution >= 4 is 17.3 Å². The van der Waals surface area contributed by atoms with E-state index >= 15 is 0 Å². The van der Waals surface area contributed by atoms with Crippen molar-refractivity contribution in [2.75, 3.05) is 5.73 Å². The highest BCUT2D eigenvalue weighted by molar-refractivity contribution is 6.30. The summed E-state index contributed by atoms with van der Waals surface area (Å²) in [7, 11) is 0. The predicted molar refractivity (Wildman–Crippen MR) is 72.7 cm³/mol. The molecule has 18 heavy (non-hydrogen) atoms. The van der Waals surface area contributed by atoms with Crippen LogP contribution in [0.15, 0.2) is 41.5 Å². The fraction of sp³-hybridized carbons (Fsp3) is 0.231. The zero-order valence-corrected chi connectivity index (χ0v) is 10.6. The van der Waals surface area contributed by atoms with Crippen LogP contribution < -0.4 is 11.4 Å². The Hall–Kier alpha value is -1.81. The SMILES string of the molecule is Nc1cccc(CCCn2cc(Cl)cnc2=O)c1. The van der Waals surface area contributed by atoms with Gasteiger partial charge in [-0.3, -0.25) is 4.57 Å². The maximum atomic E-state index is 11.4. The molecule has 2 N–H and O–H groups in total. The second-order valence-electron chi connectivity index (χ2n) is 4.10. The molecule has 4 nitrogen and oxygen atoms in total. The molecule has 0 bridgehead atoms. The lowest BCUT2D eigenvalue weighted by Crippen LogP contribution is -2.22. The molecule has 0 amide bonds. The summed E-state index contributed by atoms with van der Waals surface area (Å²) in [6.07, 6.45) is 4.67. The van der Waals surface area contributed by atoms with Gasteiger partial charge in [-0.1, -0.05) is 23.7 Å². The smallest absolute Gasteiger partial charge is 0.347 e. The van der Waals surface area contributed by atoms with Crippen LogP contribution in [0, 0.1) is 0 Å². The first-order valence-electron chi connectivity index (χ1n) is 5.71. The first-order valence-corrected chi connectivity index (χ1v) is 6.09. The number of halogens is 1. The van der Waals surface area contributed by atoms with Gasteiger partial charge in [-0.25, -0.2) is 9.78 Å². The van der Waals surface area contributed by atoms with E-state index < -0.39 is 0 Å². The van der Waals surface area contributed by atoms with Gasteiger partial charge in [0.25, 0.3) is 0 Å². The Kier molecular flexibility index (Phi) is 3.99. The van der Waals surface area contributed by atoms with E-state index in [4.69, 9.17) is 17.3 Å². The van der Waals surface area contributed by atoms with E-state index in [0.717, 1.165) is 24.1 Å². The number of hydrogen-bond donors (Lipinski definition) is 1. The normalized spacial score (nSPS) is 10.5. The summed E-state index contributed by atoms with van der Waals surface area (Å²) in [5, 5.41) is 0.471. The molecule has 1 aromatic heterocycles. The van der Waals surface area contributed by atoms with Gasteiger partial charge in [0, 0.05) is 18.4 Å². The highest BCUT2D eigenvalue weighted by atomic mass is 35.5. The zero-order valence-electron chi connectivity index (χ0n) is 9.84. The number of benzene rings is 1. The summed E-state index contributed by atoms with van der Waals surface area (Å²) >= 11 is 5.79. The number of nitrogens with two attached hydrogens (primary N) is 1. The van der Waals surface area contributed by atoms with Gasteiger partial charge in [-0.2, -0.15) is 0 Å². The first kappa shape index (κ1) is 12.6. The minimum absolute atomic E-state index is 0.271. The zero-order chi connectivity index (χ0) is 13.0. The van der Waals surface area contributed by atoms with E-state index in [1.54, 1.807) is 6.20 Å². The Bertz CT molecular complexity index is 595. The topological polar surface area (TPSA) is 60.9 Å². The van der Waals surface area contributed by atoms with E-state index in [2.05, 4.69) is 4.98 Å². The first-order chi connectivity index (χ1) is 8.65. The van der Waals surface area contributed by atoms with Crippen LogP contribution in [0.3, 0.4) is 0 Å². The van der Waals surface area contributed by atoms with Gasteiger partial charge in [-0.05, 0) is 30.5 Å². The summed E-state index contributed by atoms with van der Waals surface area (Å²) in [5.41, 5.74) is 7.35. The Balaban J connectivity index is 1.96. The highest BCUT2D eigenvalue weighted by Crippen LogP contribution is 2.09. The summed E-state index contributed by atoms with van der Waals surface area (Å²) in [6.45, 7) is 0.598. The van der Waals surface area contributed by atoms with E-state index in [9.17, 15) is 4.79 Å². The standard InChI is InChI=1S/C13H14ClN3O/c14-11-8-16-13(18)17(9-11)6-2-4-10-3-1-5-12(15)7-10/h1,3,5,7-9H,2,4,6,15H2. The Morgan fingerprint density at radius 1 is 1.39 bits per heavy atom. The van der Waals surface area contributed by atoms with Gasteiger partial charge < -0.3 is 5.73 Å². The van der Waals surface area contributed by atoms with Crippen LogP contribution >= 0.6 is 11.6 Å². The fourth-order valence-corrected chi connectivity index (χ4v) is 1.96. The fourth-order valence-electron chi connectivity index (χ4n) is 1.79. The van der Waals surface area contributed by atoms with Crippen LogP contribution in [0.2, 0.25) is 5.02 Å². The molecular weight excluding hydrogens is 250 g/mol. The van der Waals surface area contributed by atoms with Gasteiger partial charge in [0.2, 0.25) is 0 Å². The minimum Gasteiger partial charge on any atom is -0.399 e. The van der Waals surface area contributed by atoms with E-state index in [1.807, 2.05) is 24.3 Å². The molecule has 0 aliphatic heterocycles. The molecule has 0 spiro atoms. The molecule has 0 radical (unpaired) electrons. The molecule has 1 aromatic carbocycles. The number of aromatic nitrogens is 2. The number of rotatable bonds is 4. The predicted octanol–water partition coefficient (Wildman–Crippen LogP) is 2.11. The maximum absolute atomic E-state index is 11.4. The maximum Gasteiger partial charge on any atom is 0.347 e. The Labute approximate surface area is 110 Å². The van der Waals surface area contributed by atoms with Crippen molar-refractivity contribution in [1.29, 1.82) is 0 Å². The van der Waals surface area contributed by atoms with Gasteiger partial charge in [0.1, 0.15) is 0 Å². The van der Waals surface area contributed by atoms with Crippen molar-refractivity contribution in [2.45, 2.75) is 19.4 Å². The van der Waals surface area contributed by atoms with Crippen LogP contribution in [0.5, 0.6) is 0 Å². The summed E-state index contributed by atoms with van der Waals surface area (Å²) in [4.78, 5) is 15.1. The van der Waals surface area contributed by atoms with Crippen LogP contribution in [-0.4, -0.2) is 9.55 Å². The van der Waals surface area contributed by atoms with Gasteiger partial charge in [0.15, 0.2) is 0 Å². The highest BCUT2D eigenvalue weighted by Gasteiger charge is 1.99. The van der Waals surface area contributed by atoms with E-state index in [1.165, 1.54) is 10.8 Å². The van der Waals surface area contributed by atoms with Crippen LogP contribution in [-0.2, 0) is 13.0 Å². The number of anilines is 1. The van der Waals surface area contributed by atoms with Crippen molar-refractivity contribution in [3.05, 3.63) is 57.7 Å². The molecular formula is C13H14ClN3O. The summed E-state index contributed by atoms with van der Waals surface area (Å²) in [5.74, 6) is 0. The van der Waals surface area contributed by atoms with Crippen LogP contribution in [0.4, 0.5) is 5.69 Å². The van der Waals surface area contributed by atoms with Gasteiger partial charge in [-0.15, -0.1) is 0 Å². The summed E-state index contributed by atoms with van der Waals surface area (Å²) in [6, 6.07) is 7.75. The Morgan fingerprint density at radius 3 is 3.00 bits per heavy atom. The third kappa shape index (κ3) is 3.34. The van der Waals surface area contributed by atoms with Crippen LogP contribution in [0.1, 0.15) is 12.0 Å². The lowest BCUT2D eigenvalue weighted by molar-refractivity contribution is 0.607. The van der Waals surface area contributed by atoms with E-state index in [-0.39, 0.29) is 5.69 Å². The van der Waals surface area contributed by atoms with Gasteiger partial charge >= 0.3 is 5.69 Å². The molecule has 0 fully saturated rings. The molecule has 0 aliphatic rings. The number of aryl methyl sites for hydroxylation is 2. The third-order valence-corrected chi connectivity index (χ3v) is 2.83. The molecule has 2 aromatic rings. The van der Waals surface area contributed by atoms with Crippen molar-refractivity contribution in [3.8, 4) is 0 Å². The molecule has 0 atom stereocenters. The lowest BCUT2D eigenvalue weighted by atomic mass is 10.1. The molecule has 2 rings (SSSR count). The number of nitrogen functional groups attached to an aromatic ring is 1. The largest absolute Gasteiger partial charge is 0.399 e. The van der Waals surface area contributed by atoms with Crippen molar-refractivity contribution in [3.63, 3.8) is 0 Å². The van der Waals surface area contributed by atoms with Crippen molar-refractivity contribution in [1.82, 2.24) is 9.55 Å². The number of nitrogens with zero attached hydrogens (tertiary/aromatic N) is 2. The quantitative estimate of drug-likeness (QED) is 0.860. The van der Waals surface area contributed by atoms with Gasteiger partial charge in [0.05, 0.1) is 11.2 Å². The Morgan fingerprint density at radius 2 is 2.22 bits per heavy atom. The monoisotopic (exact) mass is 263 g/mol.